The summed E-state index contributed by atoms with van der Waals surface area (Å²) in [6, 6.07) is 15.2. The number of carbonyl (C=O) groups is 1. The fraction of sp³-hybridized carbons (Fsp3) is 0.176. The Morgan fingerprint density at radius 2 is 1.76 bits per heavy atom. The Kier molecular flexibility index (Phi) is 4.72. The molecule has 0 saturated heterocycles. The molecule has 2 rings (SSSR count). The number of hydrogen-bond acceptors (Lipinski definition) is 3. The number of hydrazone groups is 1. The molecule has 21 heavy (non-hydrogen) atoms. The predicted molar refractivity (Wildman–Crippen MR) is 87.0 cm³/mol. The van der Waals surface area contributed by atoms with Gasteiger partial charge in [-0.15, -0.1) is 0 Å². The van der Waals surface area contributed by atoms with Gasteiger partial charge in [-0.25, -0.2) is 5.43 Å². The number of hydrogen-bond donors (Lipinski definition) is 1. The van der Waals surface area contributed by atoms with Gasteiger partial charge in [-0.3, -0.25) is 4.79 Å². The molecule has 4 heteroatoms. The highest BCUT2D eigenvalue weighted by Crippen LogP contribution is 2.12. The number of benzene rings is 2. The molecule has 0 bridgehead atoms. The lowest BCUT2D eigenvalue weighted by atomic mass is 10.1. The lowest BCUT2D eigenvalue weighted by molar-refractivity contribution is 0.0955. The summed E-state index contributed by atoms with van der Waals surface area (Å²) in [7, 11) is 3.92. The number of amides is 1. The normalized spacial score (nSPS) is 10.6. The van der Waals surface area contributed by atoms with Crippen LogP contribution >= 0.6 is 0 Å². The monoisotopic (exact) mass is 281 g/mol. The van der Waals surface area contributed by atoms with E-state index in [0.717, 1.165) is 16.8 Å². The molecular weight excluding hydrogens is 262 g/mol. The Hall–Kier alpha value is -2.62. The highest BCUT2D eigenvalue weighted by molar-refractivity contribution is 5.95. The van der Waals surface area contributed by atoms with Crippen molar-refractivity contribution in [3.63, 3.8) is 0 Å². The van der Waals surface area contributed by atoms with Crippen LogP contribution in [0.3, 0.4) is 0 Å². The van der Waals surface area contributed by atoms with Gasteiger partial charge in [0, 0.05) is 25.3 Å². The number of nitrogens with zero attached hydrogens (tertiary/aromatic N) is 2. The second kappa shape index (κ2) is 6.70. The molecule has 0 radical (unpaired) electrons. The zero-order chi connectivity index (χ0) is 15.2. The van der Waals surface area contributed by atoms with Crippen molar-refractivity contribution in [2.75, 3.05) is 19.0 Å². The SMILES string of the molecule is Cc1ccccc1C=NNC(=O)c1ccc(N(C)C)cc1. The van der Waals surface area contributed by atoms with Gasteiger partial charge in [0.1, 0.15) is 0 Å². The summed E-state index contributed by atoms with van der Waals surface area (Å²) in [5, 5.41) is 4.00. The minimum atomic E-state index is -0.217. The third-order valence-corrected chi connectivity index (χ3v) is 3.20. The van der Waals surface area contributed by atoms with E-state index < -0.39 is 0 Å². The van der Waals surface area contributed by atoms with Crippen molar-refractivity contribution >= 4 is 17.8 Å². The first-order chi connectivity index (χ1) is 10.1. The van der Waals surface area contributed by atoms with Crippen molar-refractivity contribution in [3.8, 4) is 0 Å². The van der Waals surface area contributed by atoms with Gasteiger partial charge in [0.05, 0.1) is 6.21 Å². The van der Waals surface area contributed by atoms with Crippen LogP contribution in [0.4, 0.5) is 5.69 Å². The molecule has 108 valence electrons. The first kappa shape index (κ1) is 14.8. The standard InChI is InChI=1S/C17H19N3O/c1-13-6-4-5-7-15(13)12-18-19-17(21)14-8-10-16(11-9-14)20(2)3/h4-12H,1-3H3,(H,19,21). The van der Waals surface area contributed by atoms with Crippen LogP contribution in [0.2, 0.25) is 0 Å². The molecule has 0 heterocycles. The maximum Gasteiger partial charge on any atom is 0.271 e. The van der Waals surface area contributed by atoms with Crippen LogP contribution in [0.25, 0.3) is 0 Å². The third kappa shape index (κ3) is 3.92. The molecule has 0 aliphatic rings. The quantitative estimate of drug-likeness (QED) is 0.692. The van der Waals surface area contributed by atoms with E-state index in [4.69, 9.17) is 0 Å². The van der Waals surface area contributed by atoms with Gasteiger partial charge in [-0.05, 0) is 42.3 Å². The fourth-order valence-corrected chi connectivity index (χ4v) is 1.87. The average Bonchev–Trinajstić information content (AvgIpc) is 2.49. The number of rotatable bonds is 4. The predicted octanol–water partition coefficient (Wildman–Crippen LogP) is 2.82. The van der Waals surface area contributed by atoms with Gasteiger partial charge in [0.15, 0.2) is 0 Å². The number of carbonyl (C=O) groups excluding carboxylic acids is 1. The first-order valence-corrected chi connectivity index (χ1v) is 6.74. The minimum absolute atomic E-state index is 0.217. The molecule has 0 fully saturated rings. The average molecular weight is 281 g/mol. The summed E-state index contributed by atoms with van der Waals surface area (Å²) in [5.41, 5.74) is 6.28. The van der Waals surface area contributed by atoms with E-state index in [9.17, 15) is 4.79 Å². The van der Waals surface area contributed by atoms with E-state index in [0.29, 0.717) is 5.56 Å². The van der Waals surface area contributed by atoms with E-state index >= 15 is 0 Å². The summed E-state index contributed by atoms with van der Waals surface area (Å²) in [5.74, 6) is -0.217. The lowest BCUT2D eigenvalue weighted by Crippen LogP contribution is -2.18. The van der Waals surface area contributed by atoms with Gasteiger partial charge in [-0.1, -0.05) is 24.3 Å². The van der Waals surface area contributed by atoms with E-state index in [-0.39, 0.29) is 5.91 Å². The van der Waals surface area contributed by atoms with Crippen LogP contribution < -0.4 is 10.3 Å². The molecule has 0 aromatic heterocycles. The Bertz CT molecular complexity index is 645. The molecule has 0 saturated carbocycles. The first-order valence-electron chi connectivity index (χ1n) is 6.74. The van der Waals surface area contributed by atoms with Crippen molar-refractivity contribution in [2.24, 2.45) is 5.10 Å². The molecule has 2 aromatic carbocycles. The van der Waals surface area contributed by atoms with Crippen LogP contribution in [-0.2, 0) is 0 Å². The summed E-state index contributed by atoms with van der Waals surface area (Å²) >= 11 is 0. The molecule has 0 aliphatic heterocycles. The topological polar surface area (TPSA) is 44.7 Å². The van der Waals surface area contributed by atoms with Crippen molar-refractivity contribution < 1.29 is 4.79 Å². The molecule has 0 spiro atoms. The fourth-order valence-electron chi connectivity index (χ4n) is 1.87. The van der Waals surface area contributed by atoms with Gasteiger partial charge >= 0.3 is 0 Å². The van der Waals surface area contributed by atoms with E-state index in [1.54, 1.807) is 18.3 Å². The van der Waals surface area contributed by atoms with E-state index in [1.165, 1.54) is 0 Å². The molecule has 0 atom stereocenters. The Labute approximate surface area is 125 Å². The molecule has 4 nitrogen and oxygen atoms in total. The maximum atomic E-state index is 12.0. The molecular formula is C17H19N3O. The molecule has 1 N–H and O–H groups in total. The largest absolute Gasteiger partial charge is 0.378 e. The van der Waals surface area contributed by atoms with Gasteiger partial charge in [0.25, 0.3) is 5.91 Å². The summed E-state index contributed by atoms with van der Waals surface area (Å²) in [6.45, 7) is 2.00. The highest BCUT2D eigenvalue weighted by atomic mass is 16.2. The van der Waals surface area contributed by atoms with Gasteiger partial charge < -0.3 is 4.90 Å². The summed E-state index contributed by atoms with van der Waals surface area (Å²) in [6.07, 6.45) is 1.65. The highest BCUT2D eigenvalue weighted by Gasteiger charge is 2.04. The lowest BCUT2D eigenvalue weighted by Gasteiger charge is -2.12. The Balaban J connectivity index is 2.00. The summed E-state index contributed by atoms with van der Waals surface area (Å²) in [4.78, 5) is 13.9. The summed E-state index contributed by atoms with van der Waals surface area (Å²) < 4.78 is 0. The van der Waals surface area contributed by atoms with Crippen molar-refractivity contribution in [2.45, 2.75) is 6.92 Å². The Morgan fingerprint density at radius 1 is 1.10 bits per heavy atom. The van der Waals surface area contributed by atoms with Gasteiger partial charge in [-0.2, -0.15) is 5.10 Å². The van der Waals surface area contributed by atoms with Crippen LogP contribution in [0.5, 0.6) is 0 Å². The van der Waals surface area contributed by atoms with Crippen molar-refractivity contribution in [1.29, 1.82) is 0 Å². The smallest absolute Gasteiger partial charge is 0.271 e. The van der Waals surface area contributed by atoms with E-state index in [1.807, 2.05) is 62.3 Å². The van der Waals surface area contributed by atoms with E-state index in [2.05, 4.69) is 10.5 Å². The Morgan fingerprint density at radius 3 is 2.38 bits per heavy atom. The van der Waals surface area contributed by atoms with Crippen molar-refractivity contribution in [1.82, 2.24) is 5.43 Å². The zero-order valence-corrected chi connectivity index (χ0v) is 12.5. The molecule has 0 aliphatic carbocycles. The van der Waals surface area contributed by atoms with Crippen LogP contribution in [0, 0.1) is 6.92 Å². The molecule has 2 aromatic rings. The minimum Gasteiger partial charge on any atom is -0.378 e. The second-order valence-electron chi connectivity index (χ2n) is 5.00. The molecule has 1 amide bonds. The van der Waals surface area contributed by atoms with Crippen LogP contribution in [-0.4, -0.2) is 26.2 Å². The van der Waals surface area contributed by atoms with Crippen LogP contribution in [0.1, 0.15) is 21.5 Å². The number of nitrogens with one attached hydrogen (secondary N) is 1. The second-order valence-corrected chi connectivity index (χ2v) is 5.00. The number of anilines is 1. The van der Waals surface area contributed by atoms with Crippen molar-refractivity contribution in [3.05, 3.63) is 65.2 Å². The zero-order valence-electron chi connectivity index (χ0n) is 12.5. The number of aryl methyl sites for hydroxylation is 1. The molecule has 0 unspecified atom stereocenters. The van der Waals surface area contributed by atoms with Crippen LogP contribution in [0.15, 0.2) is 53.6 Å². The van der Waals surface area contributed by atoms with Gasteiger partial charge in [0.2, 0.25) is 0 Å². The third-order valence-electron chi connectivity index (χ3n) is 3.20. The maximum absolute atomic E-state index is 12.0.